The van der Waals surface area contributed by atoms with E-state index < -0.39 is 0 Å². The van der Waals surface area contributed by atoms with Crippen molar-refractivity contribution in [3.05, 3.63) is 34.9 Å². The monoisotopic (exact) mass is 294 g/mol. The summed E-state index contributed by atoms with van der Waals surface area (Å²) in [5.41, 5.74) is 0.808. The van der Waals surface area contributed by atoms with E-state index in [1.165, 1.54) is 0 Å². The van der Waals surface area contributed by atoms with Crippen molar-refractivity contribution in [2.45, 2.75) is 25.3 Å². The Morgan fingerprint density at radius 2 is 2.05 bits per heavy atom. The normalized spacial score (nSPS) is 18.1. The molecule has 0 saturated carbocycles. The summed E-state index contributed by atoms with van der Waals surface area (Å²) >= 11 is 6.08. The quantitative estimate of drug-likeness (QED) is 0.855. The SMILES string of the molecule is CN(C)C(=O)[C@H]1CCCN1C(=O)Cc1ccccc1Cl. The molecule has 0 unspecified atom stereocenters. The summed E-state index contributed by atoms with van der Waals surface area (Å²) in [6.07, 6.45) is 1.86. The van der Waals surface area contributed by atoms with Crippen molar-refractivity contribution in [3.63, 3.8) is 0 Å². The molecular formula is C15H19ClN2O2. The van der Waals surface area contributed by atoms with Crippen LogP contribution in [0.25, 0.3) is 0 Å². The van der Waals surface area contributed by atoms with Gasteiger partial charge in [0, 0.05) is 25.7 Å². The molecule has 0 bridgehead atoms. The van der Waals surface area contributed by atoms with Gasteiger partial charge in [-0.3, -0.25) is 9.59 Å². The maximum Gasteiger partial charge on any atom is 0.244 e. The standard InChI is InChI=1S/C15H19ClN2O2/c1-17(2)15(20)13-8-5-9-18(13)14(19)10-11-6-3-4-7-12(11)16/h3-4,6-7,13H,5,8-10H2,1-2H3/t13-/m1/s1. The summed E-state index contributed by atoms with van der Waals surface area (Å²) in [5.74, 6) is -0.0363. The molecule has 20 heavy (non-hydrogen) atoms. The van der Waals surface area contributed by atoms with Gasteiger partial charge in [0.1, 0.15) is 6.04 Å². The van der Waals surface area contributed by atoms with Gasteiger partial charge in [0.25, 0.3) is 0 Å². The van der Waals surface area contributed by atoms with E-state index in [-0.39, 0.29) is 24.3 Å². The number of nitrogens with zero attached hydrogens (tertiary/aromatic N) is 2. The van der Waals surface area contributed by atoms with Crippen LogP contribution < -0.4 is 0 Å². The van der Waals surface area contributed by atoms with Crippen molar-refractivity contribution < 1.29 is 9.59 Å². The summed E-state index contributed by atoms with van der Waals surface area (Å²) in [5, 5.41) is 0.593. The van der Waals surface area contributed by atoms with Crippen molar-refractivity contribution in [2.24, 2.45) is 0 Å². The number of hydrogen-bond acceptors (Lipinski definition) is 2. The lowest BCUT2D eigenvalue weighted by atomic mass is 10.1. The first kappa shape index (κ1) is 14.9. The van der Waals surface area contributed by atoms with Gasteiger partial charge in [0.05, 0.1) is 6.42 Å². The third-order valence-corrected chi connectivity index (χ3v) is 3.97. The van der Waals surface area contributed by atoms with Crippen LogP contribution in [0.5, 0.6) is 0 Å². The lowest BCUT2D eigenvalue weighted by Crippen LogP contribution is -2.46. The van der Waals surface area contributed by atoms with E-state index >= 15 is 0 Å². The molecule has 1 fully saturated rings. The number of benzene rings is 1. The van der Waals surface area contributed by atoms with Crippen LogP contribution in [0.4, 0.5) is 0 Å². The molecule has 1 atom stereocenters. The second kappa shape index (κ2) is 6.27. The molecule has 1 heterocycles. The van der Waals surface area contributed by atoms with Gasteiger partial charge in [-0.05, 0) is 24.5 Å². The molecule has 4 nitrogen and oxygen atoms in total. The second-order valence-corrected chi connectivity index (χ2v) is 5.65. The molecule has 1 aromatic rings. The van der Waals surface area contributed by atoms with Gasteiger partial charge in [-0.25, -0.2) is 0 Å². The molecule has 108 valence electrons. The number of likely N-dealkylation sites (tertiary alicyclic amines) is 1. The maximum atomic E-state index is 12.4. The van der Waals surface area contributed by atoms with Crippen molar-refractivity contribution >= 4 is 23.4 Å². The Balaban J connectivity index is 2.09. The minimum Gasteiger partial charge on any atom is -0.347 e. The van der Waals surface area contributed by atoms with Gasteiger partial charge in [-0.2, -0.15) is 0 Å². The molecule has 0 radical (unpaired) electrons. The highest BCUT2D eigenvalue weighted by atomic mass is 35.5. The fourth-order valence-electron chi connectivity index (χ4n) is 2.53. The largest absolute Gasteiger partial charge is 0.347 e. The first-order valence-electron chi connectivity index (χ1n) is 6.74. The minimum atomic E-state index is -0.319. The first-order chi connectivity index (χ1) is 9.50. The highest BCUT2D eigenvalue weighted by Crippen LogP contribution is 2.22. The summed E-state index contributed by atoms with van der Waals surface area (Å²) in [7, 11) is 3.44. The van der Waals surface area contributed by atoms with Crippen molar-refractivity contribution in [1.29, 1.82) is 0 Å². The molecule has 1 aromatic carbocycles. The van der Waals surface area contributed by atoms with Crippen molar-refractivity contribution in [1.82, 2.24) is 9.80 Å². The van der Waals surface area contributed by atoms with Crippen molar-refractivity contribution in [3.8, 4) is 0 Å². The topological polar surface area (TPSA) is 40.6 Å². The van der Waals surface area contributed by atoms with Gasteiger partial charge < -0.3 is 9.80 Å². The third-order valence-electron chi connectivity index (χ3n) is 3.60. The molecule has 1 aliphatic heterocycles. The van der Waals surface area contributed by atoms with E-state index in [0.29, 0.717) is 11.6 Å². The van der Waals surface area contributed by atoms with Crippen LogP contribution in [-0.2, 0) is 16.0 Å². The Morgan fingerprint density at radius 3 is 2.70 bits per heavy atom. The highest BCUT2D eigenvalue weighted by Gasteiger charge is 2.34. The van der Waals surface area contributed by atoms with Crippen LogP contribution in [-0.4, -0.2) is 48.3 Å². The second-order valence-electron chi connectivity index (χ2n) is 5.25. The Labute approximate surface area is 124 Å². The Morgan fingerprint density at radius 1 is 1.35 bits per heavy atom. The van der Waals surface area contributed by atoms with Gasteiger partial charge in [-0.15, -0.1) is 0 Å². The Hall–Kier alpha value is -1.55. The molecular weight excluding hydrogens is 276 g/mol. The Kier molecular flexibility index (Phi) is 4.65. The lowest BCUT2D eigenvalue weighted by molar-refractivity contribution is -0.141. The molecule has 1 saturated heterocycles. The summed E-state index contributed by atoms with van der Waals surface area (Å²) in [6, 6.07) is 7.00. The molecule has 0 spiro atoms. The fraction of sp³-hybridized carbons (Fsp3) is 0.467. The fourth-order valence-corrected chi connectivity index (χ4v) is 2.73. The summed E-state index contributed by atoms with van der Waals surface area (Å²) in [6.45, 7) is 0.646. The number of rotatable bonds is 3. The molecule has 2 rings (SSSR count). The lowest BCUT2D eigenvalue weighted by Gasteiger charge is -2.26. The van der Waals surface area contributed by atoms with E-state index in [9.17, 15) is 9.59 Å². The van der Waals surface area contributed by atoms with Gasteiger partial charge in [0.15, 0.2) is 0 Å². The average Bonchev–Trinajstić information content (AvgIpc) is 2.89. The van der Waals surface area contributed by atoms with Crippen LogP contribution in [0, 0.1) is 0 Å². The molecule has 2 amide bonds. The van der Waals surface area contributed by atoms with E-state index in [1.54, 1.807) is 30.0 Å². The summed E-state index contributed by atoms with van der Waals surface area (Å²) < 4.78 is 0. The van der Waals surface area contributed by atoms with Crippen LogP contribution >= 0.6 is 11.6 Å². The van der Waals surface area contributed by atoms with Crippen LogP contribution in [0.1, 0.15) is 18.4 Å². The zero-order valence-electron chi connectivity index (χ0n) is 11.8. The number of hydrogen-bond donors (Lipinski definition) is 0. The summed E-state index contributed by atoms with van der Waals surface area (Å²) in [4.78, 5) is 27.7. The van der Waals surface area contributed by atoms with Crippen LogP contribution in [0.2, 0.25) is 5.02 Å². The molecule has 1 aliphatic rings. The predicted molar refractivity (Wildman–Crippen MR) is 78.6 cm³/mol. The van der Waals surface area contributed by atoms with Crippen LogP contribution in [0.15, 0.2) is 24.3 Å². The van der Waals surface area contributed by atoms with Gasteiger partial charge in [0.2, 0.25) is 11.8 Å². The average molecular weight is 295 g/mol. The predicted octanol–water partition coefficient (Wildman–Crippen LogP) is 1.96. The molecule has 0 aliphatic carbocycles. The zero-order chi connectivity index (χ0) is 14.7. The first-order valence-corrected chi connectivity index (χ1v) is 7.12. The van der Waals surface area contributed by atoms with E-state index in [4.69, 9.17) is 11.6 Å². The molecule has 0 aromatic heterocycles. The number of likely N-dealkylation sites (N-methyl/N-ethyl adjacent to an activating group) is 1. The number of halogens is 1. The number of carbonyl (C=O) groups is 2. The molecule has 0 N–H and O–H groups in total. The van der Waals surface area contributed by atoms with Gasteiger partial charge in [-0.1, -0.05) is 29.8 Å². The van der Waals surface area contributed by atoms with Gasteiger partial charge >= 0.3 is 0 Å². The number of carbonyl (C=O) groups excluding carboxylic acids is 2. The zero-order valence-corrected chi connectivity index (χ0v) is 12.6. The number of amides is 2. The van der Waals surface area contributed by atoms with Crippen LogP contribution in [0.3, 0.4) is 0 Å². The smallest absolute Gasteiger partial charge is 0.244 e. The highest BCUT2D eigenvalue weighted by molar-refractivity contribution is 6.31. The van der Waals surface area contributed by atoms with E-state index in [0.717, 1.165) is 18.4 Å². The van der Waals surface area contributed by atoms with E-state index in [2.05, 4.69) is 0 Å². The van der Waals surface area contributed by atoms with E-state index in [1.807, 2.05) is 18.2 Å². The Bertz CT molecular complexity index is 516. The maximum absolute atomic E-state index is 12.4. The van der Waals surface area contributed by atoms with Crippen molar-refractivity contribution in [2.75, 3.05) is 20.6 Å². The minimum absolute atomic E-state index is 0.00462. The molecule has 5 heteroatoms. The third kappa shape index (κ3) is 3.12.